The van der Waals surface area contributed by atoms with Crippen LogP contribution in [-0.4, -0.2) is 83.8 Å². The normalized spacial score (nSPS) is 30.0. The Bertz CT molecular complexity index is 1030. The Balaban J connectivity index is 2.00. The summed E-state index contributed by atoms with van der Waals surface area (Å²) in [6.45, 7) is -1.18. The molecule has 8 N–H and O–H groups in total. The molecule has 0 bridgehead atoms. The van der Waals surface area contributed by atoms with E-state index in [4.69, 9.17) is 4.74 Å². The molecule has 0 saturated carbocycles. The minimum Gasteiger partial charge on any atom is -0.508 e. The first kappa shape index (κ1) is 21.5. The predicted octanol–water partition coefficient (Wildman–Crippen LogP) is -1.19. The average Bonchev–Trinajstić information content (AvgIpc) is 2.75. The number of carbonyl (C=O) groups excluding carboxylic acids is 1. The lowest BCUT2D eigenvalue weighted by Gasteiger charge is -2.45. The number of ketones is 1. The van der Waals surface area contributed by atoms with Crippen LogP contribution in [0.15, 0.2) is 24.3 Å². The Kier molecular flexibility index (Phi) is 5.38. The van der Waals surface area contributed by atoms with Gasteiger partial charge in [-0.15, -0.1) is 0 Å². The molecule has 2 aromatic rings. The van der Waals surface area contributed by atoms with Crippen LogP contribution in [0.1, 0.15) is 38.5 Å². The summed E-state index contributed by atoms with van der Waals surface area (Å²) in [5.41, 5.74) is -0.362. The number of fused-ring (bicyclic) bond motifs is 2. The van der Waals surface area contributed by atoms with Gasteiger partial charge in [0.05, 0.1) is 30.4 Å². The highest BCUT2D eigenvalue weighted by Crippen LogP contribution is 2.50. The summed E-state index contributed by atoms with van der Waals surface area (Å²) < 4.78 is 5.67. The number of benzene rings is 2. The van der Waals surface area contributed by atoms with Gasteiger partial charge in [0.2, 0.25) is 5.78 Å². The molecule has 1 aliphatic heterocycles. The Morgan fingerprint density at radius 2 is 1.52 bits per heavy atom. The SMILES string of the molecule is O=C1c2c(O)cc(CO)cc2[C@@H]([C@@H]2O[C@H](CO)[C@@H](O)[C@H](O)[C@H]2O)c2c(O)ccc(O)c21. The van der Waals surface area contributed by atoms with Gasteiger partial charge in [-0.05, 0) is 29.3 Å². The average molecular weight is 434 g/mol. The van der Waals surface area contributed by atoms with Crippen LogP contribution in [0.5, 0.6) is 17.2 Å². The maximum absolute atomic E-state index is 13.1. The van der Waals surface area contributed by atoms with Crippen molar-refractivity contribution in [3.05, 3.63) is 52.1 Å². The molecule has 10 nitrogen and oxygen atoms in total. The molecule has 0 aromatic heterocycles. The summed E-state index contributed by atoms with van der Waals surface area (Å²) in [7, 11) is 0. The number of rotatable bonds is 3. The standard InChI is InChI=1S/C21H22O10/c22-5-7-3-8-13(11(26)4-7)18(28)16-10(25)2-1-9(24)15(16)14(8)21-20(30)19(29)17(27)12(6-23)31-21/h1-4,12,14,17,19-27,29-30H,5-6H2/t12-,14-,17-,19+,20-,21+/m1/s1. The zero-order valence-electron chi connectivity index (χ0n) is 16.1. The summed E-state index contributed by atoms with van der Waals surface area (Å²) in [5, 5.41) is 81.6. The highest BCUT2D eigenvalue weighted by atomic mass is 16.5. The third-order valence-corrected chi connectivity index (χ3v) is 5.95. The van der Waals surface area contributed by atoms with E-state index in [0.717, 1.165) is 12.1 Å². The van der Waals surface area contributed by atoms with Gasteiger partial charge in [-0.1, -0.05) is 6.07 Å². The number of phenolic OH excluding ortho intramolecular Hbond substituents is 3. The molecular formula is C21H22O10. The number of aromatic hydroxyl groups is 3. The van der Waals surface area contributed by atoms with Crippen molar-refractivity contribution in [2.24, 2.45) is 0 Å². The minimum atomic E-state index is -1.73. The van der Waals surface area contributed by atoms with E-state index in [1.165, 1.54) is 12.1 Å². The molecule has 2 aromatic carbocycles. The molecule has 1 fully saturated rings. The molecule has 2 aliphatic rings. The van der Waals surface area contributed by atoms with Gasteiger partial charge in [-0.3, -0.25) is 4.79 Å². The van der Waals surface area contributed by atoms with Crippen LogP contribution in [0.25, 0.3) is 0 Å². The van der Waals surface area contributed by atoms with Crippen LogP contribution < -0.4 is 0 Å². The summed E-state index contributed by atoms with van der Waals surface area (Å²) in [6.07, 6.45) is -7.74. The van der Waals surface area contributed by atoms with Crippen LogP contribution >= 0.6 is 0 Å². The Hall–Kier alpha value is -2.73. The number of aliphatic hydroxyl groups excluding tert-OH is 5. The molecule has 4 rings (SSSR count). The van der Waals surface area contributed by atoms with Crippen molar-refractivity contribution in [3.8, 4) is 17.2 Å². The topological polar surface area (TPSA) is 188 Å². The van der Waals surface area contributed by atoms with Gasteiger partial charge in [-0.2, -0.15) is 0 Å². The second-order valence-electron chi connectivity index (χ2n) is 7.73. The quantitative estimate of drug-likeness (QED) is 0.273. The van der Waals surface area contributed by atoms with E-state index >= 15 is 0 Å². The van der Waals surface area contributed by atoms with E-state index in [-0.39, 0.29) is 27.8 Å². The summed E-state index contributed by atoms with van der Waals surface area (Å²) in [4.78, 5) is 13.1. The van der Waals surface area contributed by atoms with Crippen LogP contribution in [0.2, 0.25) is 0 Å². The molecule has 0 radical (unpaired) electrons. The maximum atomic E-state index is 13.1. The number of aliphatic hydroxyl groups is 5. The molecule has 6 atom stereocenters. The Morgan fingerprint density at radius 3 is 2.16 bits per heavy atom. The van der Waals surface area contributed by atoms with E-state index in [0.29, 0.717) is 0 Å². The van der Waals surface area contributed by atoms with Crippen molar-refractivity contribution in [3.63, 3.8) is 0 Å². The van der Waals surface area contributed by atoms with E-state index in [9.17, 15) is 45.6 Å². The molecule has 0 spiro atoms. The largest absolute Gasteiger partial charge is 0.508 e. The third kappa shape index (κ3) is 3.16. The van der Waals surface area contributed by atoms with Crippen molar-refractivity contribution < 1.29 is 50.4 Å². The van der Waals surface area contributed by atoms with Gasteiger partial charge >= 0.3 is 0 Å². The molecule has 0 unspecified atom stereocenters. The summed E-state index contributed by atoms with van der Waals surface area (Å²) in [5.74, 6) is -3.39. The van der Waals surface area contributed by atoms with Crippen molar-refractivity contribution >= 4 is 5.78 Å². The van der Waals surface area contributed by atoms with Gasteiger partial charge in [0.15, 0.2) is 0 Å². The summed E-state index contributed by atoms with van der Waals surface area (Å²) >= 11 is 0. The number of phenols is 3. The third-order valence-electron chi connectivity index (χ3n) is 5.95. The van der Waals surface area contributed by atoms with Crippen molar-refractivity contribution in [1.29, 1.82) is 0 Å². The second kappa shape index (κ2) is 7.75. The molecule has 31 heavy (non-hydrogen) atoms. The molecule has 1 heterocycles. The van der Waals surface area contributed by atoms with E-state index in [1.807, 2.05) is 0 Å². The van der Waals surface area contributed by atoms with E-state index < -0.39 is 72.7 Å². The predicted molar refractivity (Wildman–Crippen MR) is 103 cm³/mol. The lowest BCUT2D eigenvalue weighted by Crippen LogP contribution is -2.60. The zero-order chi connectivity index (χ0) is 22.6. The van der Waals surface area contributed by atoms with Gasteiger partial charge in [0, 0.05) is 11.5 Å². The first-order valence-corrected chi connectivity index (χ1v) is 9.57. The fourth-order valence-electron chi connectivity index (χ4n) is 4.47. The smallest absolute Gasteiger partial charge is 0.201 e. The molecule has 0 amide bonds. The van der Waals surface area contributed by atoms with Gasteiger partial charge in [0.1, 0.15) is 41.7 Å². The molecular weight excluding hydrogens is 412 g/mol. The molecule has 10 heteroatoms. The Morgan fingerprint density at radius 1 is 0.839 bits per heavy atom. The maximum Gasteiger partial charge on any atom is 0.201 e. The van der Waals surface area contributed by atoms with Crippen molar-refractivity contribution in [2.45, 2.75) is 43.0 Å². The van der Waals surface area contributed by atoms with Crippen LogP contribution in [0, 0.1) is 0 Å². The van der Waals surface area contributed by atoms with Crippen LogP contribution in [-0.2, 0) is 11.3 Å². The monoisotopic (exact) mass is 434 g/mol. The highest BCUT2D eigenvalue weighted by Gasteiger charge is 2.51. The Labute approximate surface area is 175 Å². The van der Waals surface area contributed by atoms with Gasteiger partial charge in [-0.25, -0.2) is 0 Å². The fraction of sp³-hybridized carbons (Fsp3) is 0.381. The fourth-order valence-corrected chi connectivity index (χ4v) is 4.47. The van der Waals surface area contributed by atoms with Crippen molar-refractivity contribution in [1.82, 2.24) is 0 Å². The van der Waals surface area contributed by atoms with E-state index in [2.05, 4.69) is 0 Å². The number of ether oxygens (including phenoxy) is 1. The lowest BCUT2D eigenvalue weighted by molar-refractivity contribution is -0.232. The second-order valence-corrected chi connectivity index (χ2v) is 7.73. The first-order chi connectivity index (χ1) is 14.7. The first-order valence-electron chi connectivity index (χ1n) is 9.57. The molecule has 1 saturated heterocycles. The van der Waals surface area contributed by atoms with Gasteiger partial charge in [0.25, 0.3) is 0 Å². The molecule has 1 aliphatic carbocycles. The van der Waals surface area contributed by atoms with Crippen LogP contribution in [0.3, 0.4) is 0 Å². The summed E-state index contributed by atoms with van der Waals surface area (Å²) in [6, 6.07) is 4.79. The number of hydrogen-bond donors (Lipinski definition) is 8. The highest BCUT2D eigenvalue weighted by molar-refractivity contribution is 6.16. The molecule has 166 valence electrons. The van der Waals surface area contributed by atoms with E-state index in [1.54, 1.807) is 0 Å². The van der Waals surface area contributed by atoms with Crippen LogP contribution in [0.4, 0.5) is 0 Å². The minimum absolute atomic E-state index is 0.0757. The number of hydrogen-bond acceptors (Lipinski definition) is 10. The van der Waals surface area contributed by atoms with Gasteiger partial charge < -0.3 is 45.6 Å². The zero-order valence-corrected chi connectivity index (χ0v) is 16.1. The number of carbonyl (C=O) groups is 1. The van der Waals surface area contributed by atoms with Crippen molar-refractivity contribution in [2.75, 3.05) is 6.61 Å². The lowest BCUT2D eigenvalue weighted by atomic mass is 9.71.